The monoisotopic (exact) mass is 408 g/mol. The van der Waals surface area contributed by atoms with Gasteiger partial charge in [0.25, 0.3) is 0 Å². The van der Waals surface area contributed by atoms with Gasteiger partial charge in [-0.25, -0.2) is 0 Å². The molecule has 8 heteroatoms. The summed E-state index contributed by atoms with van der Waals surface area (Å²) < 4.78 is 0.996. The first-order valence-electron chi connectivity index (χ1n) is 7.67. The molecule has 1 saturated heterocycles. The van der Waals surface area contributed by atoms with Gasteiger partial charge in [0, 0.05) is 23.1 Å². The van der Waals surface area contributed by atoms with E-state index in [0.29, 0.717) is 11.7 Å². The van der Waals surface area contributed by atoms with Gasteiger partial charge in [-0.05, 0) is 37.1 Å². The predicted molar refractivity (Wildman–Crippen MR) is 97.3 cm³/mol. The van der Waals surface area contributed by atoms with E-state index in [1.54, 1.807) is 4.90 Å². The predicted octanol–water partition coefficient (Wildman–Crippen LogP) is 3.16. The second-order valence-electron chi connectivity index (χ2n) is 5.68. The van der Waals surface area contributed by atoms with E-state index in [-0.39, 0.29) is 24.2 Å². The Kier molecular flexibility index (Phi) is 4.96. The van der Waals surface area contributed by atoms with Crippen LogP contribution in [-0.4, -0.2) is 28.6 Å². The zero-order valence-corrected chi connectivity index (χ0v) is 15.8. The van der Waals surface area contributed by atoms with Crippen molar-refractivity contribution in [1.82, 2.24) is 10.2 Å². The third-order valence-corrected chi connectivity index (χ3v) is 5.82. The number of aryl methyl sites for hydroxylation is 2. The van der Waals surface area contributed by atoms with Gasteiger partial charge in [0.05, 0.1) is 5.92 Å². The highest BCUT2D eigenvalue weighted by molar-refractivity contribution is 9.10. The largest absolute Gasteiger partial charge is 0.312 e. The summed E-state index contributed by atoms with van der Waals surface area (Å²) in [6.07, 6.45) is 0.993. The molecule has 0 unspecified atom stereocenters. The van der Waals surface area contributed by atoms with Crippen LogP contribution in [0.5, 0.6) is 0 Å². The van der Waals surface area contributed by atoms with Crippen LogP contribution in [0, 0.1) is 12.8 Å². The maximum absolute atomic E-state index is 12.4. The number of halogens is 1. The fraction of sp³-hybridized carbons (Fsp3) is 0.375. The number of hydrogen-bond donors (Lipinski definition) is 1. The molecule has 0 aliphatic carbocycles. The second kappa shape index (κ2) is 6.98. The van der Waals surface area contributed by atoms with Crippen molar-refractivity contribution in [2.45, 2.75) is 26.7 Å². The number of nitrogens with one attached hydrogen (secondary N) is 1. The number of carbonyl (C=O) groups is 2. The molecule has 0 bridgehead atoms. The molecule has 0 spiro atoms. The van der Waals surface area contributed by atoms with Crippen molar-refractivity contribution < 1.29 is 9.59 Å². The highest BCUT2D eigenvalue weighted by Gasteiger charge is 2.35. The first-order chi connectivity index (χ1) is 11.5. The molecular weight excluding hydrogens is 392 g/mol. The Balaban J connectivity index is 1.69. The Morgan fingerprint density at radius 2 is 2.25 bits per heavy atom. The Bertz CT molecular complexity index is 792. The zero-order valence-electron chi connectivity index (χ0n) is 13.4. The van der Waals surface area contributed by atoms with Gasteiger partial charge in [-0.2, -0.15) is 0 Å². The minimum Gasteiger partial charge on any atom is -0.312 e. The van der Waals surface area contributed by atoms with Crippen LogP contribution in [0.15, 0.2) is 22.7 Å². The van der Waals surface area contributed by atoms with Gasteiger partial charge in [0.15, 0.2) is 0 Å². The average Bonchev–Trinajstić information content (AvgIpc) is 3.16. The third kappa shape index (κ3) is 3.49. The molecule has 24 heavy (non-hydrogen) atoms. The fourth-order valence-corrected chi connectivity index (χ4v) is 3.51. The minimum atomic E-state index is -0.379. The van der Waals surface area contributed by atoms with E-state index in [9.17, 15) is 9.59 Å². The lowest BCUT2D eigenvalue weighted by Gasteiger charge is -2.17. The number of rotatable bonds is 4. The summed E-state index contributed by atoms with van der Waals surface area (Å²) >= 11 is 4.82. The maximum Gasteiger partial charge on any atom is 0.231 e. The van der Waals surface area contributed by atoms with Gasteiger partial charge in [-0.1, -0.05) is 34.2 Å². The van der Waals surface area contributed by atoms with Crippen molar-refractivity contribution in [2.24, 2.45) is 5.92 Å². The summed E-state index contributed by atoms with van der Waals surface area (Å²) in [5, 5.41) is 12.1. The Morgan fingerprint density at radius 1 is 1.46 bits per heavy atom. The molecule has 1 atom stereocenters. The van der Waals surface area contributed by atoms with E-state index in [0.717, 1.165) is 27.2 Å². The third-order valence-electron chi connectivity index (χ3n) is 3.95. The van der Waals surface area contributed by atoms with Crippen LogP contribution in [0.3, 0.4) is 0 Å². The lowest BCUT2D eigenvalue weighted by atomic mass is 10.1. The van der Waals surface area contributed by atoms with Crippen molar-refractivity contribution in [3.05, 3.63) is 33.2 Å². The first kappa shape index (κ1) is 17.0. The molecule has 1 aliphatic heterocycles. The molecule has 2 amide bonds. The number of nitrogens with zero attached hydrogens (tertiary/aromatic N) is 3. The molecule has 2 aromatic rings. The van der Waals surface area contributed by atoms with Crippen molar-refractivity contribution in [3.63, 3.8) is 0 Å². The van der Waals surface area contributed by atoms with Gasteiger partial charge in [-0.15, -0.1) is 10.2 Å². The number of anilines is 2. The quantitative estimate of drug-likeness (QED) is 0.842. The average molecular weight is 409 g/mol. The molecule has 3 rings (SSSR count). The van der Waals surface area contributed by atoms with Crippen molar-refractivity contribution in [3.8, 4) is 0 Å². The summed E-state index contributed by atoms with van der Waals surface area (Å²) in [7, 11) is 0. The number of aromatic nitrogens is 2. The minimum absolute atomic E-state index is 0.0385. The molecule has 1 aromatic carbocycles. The lowest BCUT2D eigenvalue weighted by Crippen LogP contribution is -2.28. The molecular formula is C16H17BrN4O2S. The van der Waals surface area contributed by atoms with Crippen LogP contribution in [-0.2, 0) is 16.0 Å². The molecule has 6 nitrogen and oxygen atoms in total. The molecule has 1 N–H and O–H groups in total. The topological polar surface area (TPSA) is 75.2 Å². The van der Waals surface area contributed by atoms with Gasteiger partial charge in [-0.3, -0.25) is 9.59 Å². The van der Waals surface area contributed by atoms with E-state index in [2.05, 4.69) is 31.4 Å². The van der Waals surface area contributed by atoms with E-state index < -0.39 is 0 Å². The Morgan fingerprint density at radius 3 is 2.92 bits per heavy atom. The number of hydrogen-bond acceptors (Lipinski definition) is 5. The molecule has 0 radical (unpaired) electrons. The summed E-state index contributed by atoms with van der Waals surface area (Å²) in [6, 6.07) is 5.74. The van der Waals surface area contributed by atoms with Gasteiger partial charge >= 0.3 is 0 Å². The van der Waals surface area contributed by atoms with E-state index in [1.165, 1.54) is 11.3 Å². The zero-order chi connectivity index (χ0) is 17.3. The molecule has 1 aromatic heterocycles. The van der Waals surface area contributed by atoms with Crippen LogP contribution in [0.1, 0.15) is 23.9 Å². The Hall–Kier alpha value is -1.80. The van der Waals surface area contributed by atoms with Gasteiger partial charge < -0.3 is 10.2 Å². The van der Waals surface area contributed by atoms with Crippen molar-refractivity contribution >= 4 is 49.9 Å². The van der Waals surface area contributed by atoms with Gasteiger partial charge in [0.2, 0.25) is 16.9 Å². The summed E-state index contributed by atoms with van der Waals surface area (Å²) in [6.45, 7) is 4.34. The molecule has 1 fully saturated rings. The van der Waals surface area contributed by atoms with Crippen LogP contribution >= 0.6 is 27.3 Å². The van der Waals surface area contributed by atoms with Crippen LogP contribution in [0.2, 0.25) is 0 Å². The molecule has 126 valence electrons. The normalized spacial score (nSPS) is 17.4. The summed E-state index contributed by atoms with van der Waals surface area (Å²) in [5.74, 6) is -0.600. The van der Waals surface area contributed by atoms with Crippen LogP contribution in [0.25, 0.3) is 0 Å². The maximum atomic E-state index is 12.4. The molecule has 2 heterocycles. The molecule has 1 aliphatic rings. The fourth-order valence-electron chi connectivity index (χ4n) is 2.58. The number of carbonyl (C=O) groups excluding carboxylic acids is 2. The number of benzene rings is 1. The number of amides is 2. The summed E-state index contributed by atoms with van der Waals surface area (Å²) in [4.78, 5) is 26.4. The molecule has 0 saturated carbocycles. The SMILES string of the molecule is CCc1nnc(NC(=O)[C@@H]2CC(=O)N(c3ccc(Br)c(C)c3)C2)s1. The Labute approximate surface area is 152 Å². The van der Waals surface area contributed by atoms with E-state index in [1.807, 2.05) is 32.0 Å². The first-order valence-corrected chi connectivity index (χ1v) is 9.28. The highest BCUT2D eigenvalue weighted by Crippen LogP contribution is 2.29. The lowest BCUT2D eigenvalue weighted by molar-refractivity contribution is -0.122. The van der Waals surface area contributed by atoms with Crippen LogP contribution in [0.4, 0.5) is 10.8 Å². The van der Waals surface area contributed by atoms with E-state index in [4.69, 9.17) is 0 Å². The standard InChI is InChI=1S/C16H17BrN4O2S/c1-3-13-19-20-16(24-13)18-15(23)10-7-14(22)21(8-10)11-4-5-12(17)9(2)6-11/h4-6,10H,3,7-8H2,1-2H3,(H,18,20,23)/t10-/m1/s1. The van der Waals surface area contributed by atoms with Gasteiger partial charge in [0.1, 0.15) is 5.01 Å². The highest BCUT2D eigenvalue weighted by atomic mass is 79.9. The van der Waals surface area contributed by atoms with Crippen molar-refractivity contribution in [2.75, 3.05) is 16.8 Å². The summed E-state index contributed by atoms with van der Waals surface area (Å²) in [5.41, 5.74) is 1.87. The van der Waals surface area contributed by atoms with Crippen LogP contribution < -0.4 is 10.2 Å². The smallest absolute Gasteiger partial charge is 0.231 e. The van der Waals surface area contributed by atoms with E-state index >= 15 is 0 Å². The van der Waals surface area contributed by atoms with Crippen molar-refractivity contribution in [1.29, 1.82) is 0 Å². The second-order valence-corrected chi connectivity index (χ2v) is 7.60.